The van der Waals surface area contributed by atoms with E-state index >= 15 is 0 Å². The van der Waals surface area contributed by atoms with Gasteiger partial charge in [-0.05, 0) is 25.3 Å². The van der Waals surface area contributed by atoms with Gasteiger partial charge >= 0.3 is 0 Å². The van der Waals surface area contributed by atoms with Gasteiger partial charge in [-0.2, -0.15) is 4.31 Å². The predicted octanol–water partition coefficient (Wildman–Crippen LogP) is 1.15. The molecule has 2 fully saturated rings. The van der Waals surface area contributed by atoms with E-state index in [0.29, 0.717) is 18.7 Å². The number of nitrogens with zero attached hydrogens (tertiary/aromatic N) is 3. The van der Waals surface area contributed by atoms with Gasteiger partial charge in [0.15, 0.2) is 0 Å². The molecule has 0 radical (unpaired) electrons. The summed E-state index contributed by atoms with van der Waals surface area (Å²) in [6, 6.07) is 3.84. The van der Waals surface area contributed by atoms with Crippen molar-refractivity contribution >= 4 is 21.6 Å². The minimum Gasteiger partial charge on any atom is -0.340 e. The average Bonchev–Trinajstić information content (AvgIpc) is 3.39. The number of nitro benzene ring substituents is 1. The van der Waals surface area contributed by atoms with E-state index in [0.717, 1.165) is 18.9 Å². The zero-order chi connectivity index (χ0) is 17.5. The molecule has 1 amide bonds. The number of carbonyl (C=O) groups is 1. The Kier molecular flexibility index (Phi) is 4.31. The van der Waals surface area contributed by atoms with E-state index < -0.39 is 14.9 Å². The fourth-order valence-electron chi connectivity index (χ4n) is 2.86. The number of rotatable bonds is 4. The second-order valence-corrected chi connectivity index (χ2v) is 8.12. The molecule has 0 N–H and O–H groups in total. The van der Waals surface area contributed by atoms with E-state index in [1.165, 1.54) is 16.4 Å². The molecule has 0 atom stereocenters. The molecule has 8 nitrogen and oxygen atoms in total. The highest BCUT2D eigenvalue weighted by Crippen LogP contribution is 2.32. The molecule has 0 unspecified atom stereocenters. The molecule has 1 aromatic rings. The van der Waals surface area contributed by atoms with Gasteiger partial charge in [0, 0.05) is 44.2 Å². The number of benzene rings is 1. The third-order valence-corrected chi connectivity index (χ3v) is 6.52. The number of sulfonamides is 1. The Morgan fingerprint density at radius 3 is 2.38 bits per heavy atom. The van der Waals surface area contributed by atoms with E-state index in [2.05, 4.69) is 0 Å². The summed E-state index contributed by atoms with van der Waals surface area (Å²) in [5.41, 5.74) is 0.221. The number of nitro groups is 1. The Hall–Kier alpha value is -2.00. The summed E-state index contributed by atoms with van der Waals surface area (Å²) in [4.78, 5) is 24.0. The first-order valence-electron chi connectivity index (χ1n) is 7.84. The van der Waals surface area contributed by atoms with Crippen LogP contribution in [0, 0.1) is 23.0 Å². The maximum absolute atomic E-state index is 12.8. The lowest BCUT2D eigenvalue weighted by Crippen LogP contribution is -2.51. The van der Waals surface area contributed by atoms with E-state index in [1.807, 2.05) is 0 Å². The molecular weight excluding hydrogens is 334 g/mol. The highest BCUT2D eigenvalue weighted by Gasteiger charge is 2.37. The SMILES string of the molecule is Cc1ccc([N+](=O)[O-])cc1S(=O)(=O)N1CCN(C(=O)C2CC2)CC1. The van der Waals surface area contributed by atoms with E-state index in [-0.39, 0.29) is 35.5 Å². The molecule has 1 saturated carbocycles. The second kappa shape index (κ2) is 6.14. The van der Waals surface area contributed by atoms with Gasteiger partial charge in [0.05, 0.1) is 9.82 Å². The van der Waals surface area contributed by atoms with Crippen molar-refractivity contribution in [2.45, 2.75) is 24.7 Å². The van der Waals surface area contributed by atoms with Crippen LogP contribution >= 0.6 is 0 Å². The Morgan fingerprint density at radius 1 is 1.21 bits per heavy atom. The van der Waals surface area contributed by atoms with Crippen LogP contribution in [0.25, 0.3) is 0 Å². The first-order chi connectivity index (χ1) is 11.3. The third kappa shape index (κ3) is 3.13. The second-order valence-electron chi connectivity index (χ2n) is 6.21. The molecule has 0 spiro atoms. The molecule has 1 aliphatic heterocycles. The zero-order valence-corrected chi connectivity index (χ0v) is 14.2. The Morgan fingerprint density at radius 2 is 1.83 bits per heavy atom. The molecule has 130 valence electrons. The number of non-ortho nitro benzene ring substituents is 1. The van der Waals surface area contributed by atoms with Crippen LogP contribution in [0.2, 0.25) is 0 Å². The molecule has 3 rings (SSSR count). The van der Waals surface area contributed by atoms with Crippen LogP contribution in [-0.4, -0.2) is 54.6 Å². The average molecular weight is 353 g/mol. The highest BCUT2D eigenvalue weighted by molar-refractivity contribution is 7.89. The molecule has 2 aliphatic rings. The lowest BCUT2D eigenvalue weighted by Gasteiger charge is -2.34. The summed E-state index contributed by atoms with van der Waals surface area (Å²) in [5, 5.41) is 10.9. The van der Waals surface area contributed by atoms with Crippen molar-refractivity contribution in [3.8, 4) is 0 Å². The number of piperazine rings is 1. The van der Waals surface area contributed by atoms with Crippen LogP contribution in [0.1, 0.15) is 18.4 Å². The minimum absolute atomic E-state index is 0.0429. The molecule has 1 aromatic carbocycles. The predicted molar refractivity (Wildman–Crippen MR) is 85.9 cm³/mol. The molecule has 0 bridgehead atoms. The quantitative estimate of drug-likeness (QED) is 0.597. The van der Waals surface area contributed by atoms with Gasteiger partial charge in [-0.15, -0.1) is 0 Å². The first kappa shape index (κ1) is 16.8. The van der Waals surface area contributed by atoms with E-state index in [9.17, 15) is 23.3 Å². The van der Waals surface area contributed by atoms with E-state index in [1.54, 1.807) is 11.8 Å². The van der Waals surface area contributed by atoms with Gasteiger partial charge in [0.1, 0.15) is 0 Å². The third-order valence-electron chi connectivity index (χ3n) is 4.48. The monoisotopic (exact) mass is 353 g/mol. The molecule has 24 heavy (non-hydrogen) atoms. The summed E-state index contributed by atoms with van der Waals surface area (Å²) in [7, 11) is -3.81. The van der Waals surface area contributed by atoms with Crippen molar-refractivity contribution in [2.24, 2.45) is 5.92 Å². The van der Waals surface area contributed by atoms with Gasteiger partial charge < -0.3 is 4.90 Å². The van der Waals surface area contributed by atoms with Crippen LogP contribution in [0.15, 0.2) is 23.1 Å². The van der Waals surface area contributed by atoms with Crippen molar-refractivity contribution in [1.82, 2.24) is 9.21 Å². The molecular formula is C15H19N3O5S. The number of amides is 1. The Labute approximate surface area is 140 Å². The number of carbonyl (C=O) groups excluding carboxylic acids is 1. The summed E-state index contributed by atoms with van der Waals surface area (Å²) in [5.74, 6) is 0.228. The minimum atomic E-state index is -3.81. The zero-order valence-electron chi connectivity index (χ0n) is 13.3. The summed E-state index contributed by atoms with van der Waals surface area (Å²) in [6.07, 6.45) is 1.84. The summed E-state index contributed by atoms with van der Waals surface area (Å²) >= 11 is 0. The summed E-state index contributed by atoms with van der Waals surface area (Å²) in [6.45, 7) is 2.76. The number of aryl methyl sites for hydroxylation is 1. The normalized spacial score (nSPS) is 19.3. The molecule has 1 aliphatic carbocycles. The van der Waals surface area contributed by atoms with Crippen molar-refractivity contribution in [3.63, 3.8) is 0 Å². The fourth-order valence-corrected chi connectivity index (χ4v) is 4.52. The summed E-state index contributed by atoms with van der Waals surface area (Å²) < 4.78 is 26.9. The van der Waals surface area contributed by atoms with Gasteiger partial charge in [-0.1, -0.05) is 6.07 Å². The van der Waals surface area contributed by atoms with Gasteiger partial charge in [-0.3, -0.25) is 14.9 Å². The van der Waals surface area contributed by atoms with Crippen molar-refractivity contribution < 1.29 is 18.1 Å². The Bertz CT molecular complexity index is 780. The number of hydrogen-bond donors (Lipinski definition) is 0. The molecule has 1 heterocycles. The largest absolute Gasteiger partial charge is 0.340 e. The van der Waals surface area contributed by atoms with Crippen molar-refractivity contribution in [2.75, 3.05) is 26.2 Å². The maximum Gasteiger partial charge on any atom is 0.270 e. The highest BCUT2D eigenvalue weighted by atomic mass is 32.2. The smallest absolute Gasteiger partial charge is 0.270 e. The van der Waals surface area contributed by atoms with Crippen molar-refractivity contribution in [1.29, 1.82) is 0 Å². The fraction of sp³-hybridized carbons (Fsp3) is 0.533. The molecule has 1 saturated heterocycles. The van der Waals surface area contributed by atoms with Crippen LogP contribution in [0.3, 0.4) is 0 Å². The molecule has 0 aromatic heterocycles. The molecule has 9 heteroatoms. The van der Waals surface area contributed by atoms with Crippen molar-refractivity contribution in [3.05, 3.63) is 33.9 Å². The first-order valence-corrected chi connectivity index (χ1v) is 9.28. The lowest BCUT2D eigenvalue weighted by atomic mass is 10.2. The Balaban J connectivity index is 1.78. The van der Waals surface area contributed by atoms with Crippen LogP contribution in [0.4, 0.5) is 5.69 Å². The van der Waals surface area contributed by atoms with Gasteiger partial charge in [-0.25, -0.2) is 8.42 Å². The number of hydrogen-bond acceptors (Lipinski definition) is 5. The standard InChI is InChI=1S/C15H19N3O5S/c1-11-2-5-13(18(20)21)10-14(11)24(22,23)17-8-6-16(7-9-17)15(19)12-3-4-12/h2,5,10,12H,3-4,6-9H2,1H3. The van der Waals surface area contributed by atoms with Crippen LogP contribution in [-0.2, 0) is 14.8 Å². The van der Waals surface area contributed by atoms with Crippen LogP contribution < -0.4 is 0 Å². The topological polar surface area (TPSA) is 101 Å². The van der Waals surface area contributed by atoms with Crippen LogP contribution in [0.5, 0.6) is 0 Å². The van der Waals surface area contributed by atoms with Gasteiger partial charge in [0.25, 0.3) is 5.69 Å². The maximum atomic E-state index is 12.8. The lowest BCUT2D eigenvalue weighted by molar-refractivity contribution is -0.385. The van der Waals surface area contributed by atoms with Gasteiger partial charge in [0.2, 0.25) is 15.9 Å². The van der Waals surface area contributed by atoms with E-state index in [4.69, 9.17) is 0 Å².